The number of halogens is 1. The first-order chi connectivity index (χ1) is 12.7. The zero-order valence-corrected chi connectivity index (χ0v) is 13.8. The summed E-state index contributed by atoms with van der Waals surface area (Å²) < 4.78 is 15.5. The molecule has 3 aromatic heterocycles. The predicted molar refractivity (Wildman–Crippen MR) is 94.8 cm³/mol. The first kappa shape index (κ1) is 16.0. The summed E-state index contributed by atoms with van der Waals surface area (Å²) >= 11 is 0. The number of carbonyl (C=O) groups excluding carboxylic acids is 1. The molecule has 0 fully saturated rings. The van der Waals surface area contributed by atoms with Crippen LogP contribution in [0.15, 0.2) is 73.2 Å². The lowest BCUT2D eigenvalue weighted by atomic mass is 10.2. The SMILES string of the molecule is O=C(NCc1ccccc1F)c1[nH]c(-c2ccncc2)c2cccc[n+]12. The first-order valence-electron chi connectivity index (χ1n) is 8.18. The van der Waals surface area contributed by atoms with Gasteiger partial charge in [0, 0.05) is 30.1 Å². The van der Waals surface area contributed by atoms with Crippen LogP contribution in [0, 0.1) is 5.82 Å². The number of nitrogens with one attached hydrogen (secondary N) is 2. The van der Waals surface area contributed by atoms with E-state index in [1.54, 1.807) is 35.0 Å². The molecule has 0 saturated carbocycles. The minimum absolute atomic E-state index is 0.115. The van der Waals surface area contributed by atoms with Gasteiger partial charge in [0.2, 0.25) is 0 Å². The Labute approximate surface area is 149 Å². The van der Waals surface area contributed by atoms with E-state index in [0.29, 0.717) is 11.4 Å². The highest BCUT2D eigenvalue weighted by molar-refractivity contribution is 5.91. The lowest BCUT2D eigenvalue weighted by Crippen LogP contribution is -2.34. The standard InChI is InChI=1S/C20H15FN4O/c21-16-6-2-1-5-15(16)13-23-20(26)19-24-18(14-8-10-22-11-9-14)17-7-3-4-12-25(17)19/h1-12H,13H2,(H,23,26)/p+1. The van der Waals surface area contributed by atoms with Crippen molar-refractivity contribution in [3.63, 3.8) is 0 Å². The van der Waals surface area contributed by atoms with Gasteiger partial charge in [0.15, 0.2) is 11.2 Å². The lowest BCUT2D eigenvalue weighted by molar-refractivity contribution is -0.513. The molecule has 0 bridgehead atoms. The third-order valence-corrected chi connectivity index (χ3v) is 4.18. The fourth-order valence-electron chi connectivity index (χ4n) is 2.89. The Balaban J connectivity index is 1.68. The molecule has 1 aromatic carbocycles. The Bertz CT molecular complexity index is 1080. The number of carbonyl (C=O) groups is 1. The zero-order chi connectivity index (χ0) is 17.9. The van der Waals surface area contributed by atoms with E-state index in [1.165, 1.54) is 6.07 Å². The molecule has 1 amide bonds. The van der Waals surface area contributed by atoms with Crippen LogP contribution >= 0.6 is 0 Å². The monoisotopic (exact) mass is 347 g/mol. The number of imidazole rings is 1. The number of aromatic nitrogens is 3. The molecule has 0 aliphatic heterocycles. The second-order valence-electron chi connectivity index (χ2n) is 5.81. The van der Waals surface area contributed by atoms with Crippen LogP contribution in [0.1, 0.15) is 16.2 Å². The average Bonchev–Trinajstić information content (AvgIpc) is 3.08. The maximum Gasteiger partial charge on any atom is 0.351 e. The molecule has 0 aliphatic rings. The van der Waals surface area contributed by atoms with E-state index in [0.717, 1.165) is 16.8 Å². The van der Waals surface area contributed by atoms with Crippen LogP contribution in [-0.2, 0) is 6.54 Å². The molecule has 2 N–H and O–H groups in total. The van der Waals surface area contributed by atoms with E-state index in [1.807, 2.05) is 36.5 Å². The summed E-state index contributed by atoms with van der Waals surface area (Å²) in [6.07, 6.45) is 5.22. The minimum Gasteiger partial charge on any atom is -0.341 e. The molecule has 4 aromatic rings. The number of benzene rings is 1. The molecule has 0 aliphatic carbocycles. The van der Waals surface area contributed by atoms with Crippen LogP contribution in [0.2, 0.25) is 0 Å². The molecule has 5 nitrogen and oxygen atoms in total. The van der Waals surface area contributed by atoms with Crippen molar-refractivity contribution in [2.24, 2.45) is 0 Å². The van der Waals surface area contributed by atoms with Gasteiger partial charge < -0.3 is 5.32 Å². The molecular weight excluding hydrogens is 331 g/mol. The summed E-state index contributed by atoms with van der Waals surface area (Å²) in [4.78, 5) is 19.9. The summed E-state index contributed by atoms with van der Waals surface area (Å²) in [6.45, 7) is 0.115. The molecule has 3 heterocycles. The quantitative estimate of drug-likeness (QED) is 0.558. The van der Waals surface area contributed by atoms with Gasteiger partial charge in [0.05, 0.1) is 6.20 Å². The number of nitrogens with zero attached hydrogens (tertiary/aromatic N) is 2. The van der Waals surface area contributed by atoms with E-state index < -0.39 is 0 Å². The van der Waals surface area contributed by atoms with E-state index >= 15 is 0 Å². The van der Waals surface area contributed by atoms with Crippen LogP contribution in [0.5, 0.6) is 0 Å². The number of H-pyrrole nitrogens is 1. The summed E-state index contributed by atoms with van der Waals surface area (Å²) in [5.74, 6) is -0.271. The highest BCUT2D eigenvalue weighted by Crippen LogP contribution is 2.20. The maximum atomic E-state index is 13.8. The summed E-state index contributed by atoms with van der Waals surface area (Å²) in [5.41, 5.74) is 3.06. The van der Waals surface area contributed by atoms with Gasteiger partial charge >= 0.3 is 11.7 Å². The third-order valence-electron chi connectivity index (χ3n) is 4.18. The number of aromatic amines is 1. The Morgan fingerprint density at radius 1 is 1.08 bits per heavy atom. The van der Waals surface area contributed by atoms with Crippen LogP contribution in [0.3, 0.4) is 0 Å². The number of hydrogen-bond donors (Lipinski definition) is 2. The average molecular weight is 347 g/mol. The van der Waals surface area contributed by atoms with Gasteiger partial charge in [-0.1, -0.05) is 24.3 Å². The second-order valence-corrected chi connectivity index (χ2v) is 5.81. The molecule has 0 saturated heterocycles. The molecule has 0 radical (unpaired) electrons. The van der Waals surface area contributed by atoms with Gasteiger partial charge in [-0.15, -0.1) is 0 Å². The molecule has 0 spiro atoms. The van der Waals surface area contributed by atoms with Crippen molar-refractivity contribution < 1.29 is 13.6 Å². The second kappa shape index (κ2) is 6.76. The molecule has 128 valence electrons. The predicted octanol–water partition coefficient (Wildman–Crippen LogP) is 2.88. The van der Waals surface area contributed by atoms with Crippen LogP contribution in [-0.4, -0.2) is 15.9 Å². The number of fused-ring (bicyclic) bond motifs is 1. The molecule has 26 heavy (non-hydrogen) atoms. The van der Waals surface area contributed by atoms with Gasteiger partial charge in [-0.05, 0) is 30.3 Å². The van der Waals surface area contributed by atoms with Crippen molar-refractivity contribution in [2.45, 2.75) is 6.54 Å². The van der Waals surface area contributed by atoms with Gasteiger partial charge in [0.1, 0.15) is 5.82 Å². The van der Waals surface area contributed by atoms with Crippen molar-refractivity contribution in [3.05, 3.63) is 90.4 Å². The Kier molecular flexibility index (Phi) is 4.15. The number of hydrogen-bond acceptors (Lipinski definition) is 2. The molecule has 0 atom stereocenters. The Hall–Kier alpha value is -3.54. The van der Waals surface area contributed by atoms with Crippen molar-refractivity contribution in [1.29, 1.82) is 0 Å². The topological polar surface area (TPSA) is 61.9 Å². The fourth-order valence-corrected chi connectivity index (χ4v) is 2.89. The Morgan fingerprint density at radius 3 is 2.65 bits per heavy atom. The Morgan fingerprint density at radius 2 is 1.85 bits per heavy atom. The first-order valence-corrected chi connectivity index (χ1v) is 8.18. The fraction of sp³-hybridized carbons (Fsp3) is 0.0500. The van der Waals surface area contributed by atoms with Gasteiger partial charge in [0.25, 0.3) is 0 Å². The van der Waals surface area contributed by atoms with E-state index in [2.05, 4.69) is 15.3 Å². The van der Waals surface area contributed by atoms with Gasteiger partial charge in [-0.2, -0.15) is 4.40 Å². The van der Waals surface area contributed by atoms with Crippen molar-refractivity contribution >= 4 is 11.4 Å². The number of pyridine rings is 2. The van der Waals surface area contributed by atoms with Crippen molar-refractivity contribution in [1.82, 2.24) is 15.3 Å². The van der Waals surface area contributed by atoms with Crippen LogP contribution < -0.4 is 9.72 Å². The van der Waals surface area contributed by atoms with Gasteiger partial charge in [-0.3, -0.25) is 9.78 Å². The molecule has 4 rings (SSSR count). The van der Waals surface area contributed by atoms with Crippen LogP contribution in [0.4, 0.5) is 4.39 Å². The highest BCUT2D eigenvalue weighted by Gasteiger charge is 2.25. The molecular formula is C20H16FN4O+. The third kappa shape index (κ3) is 2.93. The summed E-state index contributed by atoms with van der Waals surface area (Å²) in [5, 5.41) is 2.77. The summed E-state index contributed by atoms with van der Waals surface area (Å²) in [7, 11) is 0. The number of amides is 1. The van der Waals surface area contributed by atoms with Crippen molar-refractivity contribution in [3.8, 4) is 11.3 Å². The number of rotatable bonds is 4. The minimum atomic E-state index is -0.339. The highest BCUT2D eigenvalue weighted by atomic mass is 19.1. The smallest absolute Gasteiger partial charge is 0.341 e. The van der Waals surface area contributed by atoms with Gasteiger partial charge in [-0.25, -0.2) is 9.37 Å². The van der Waals surface area contributed by atoms with Crippen LogP contribution in [0.25, 0.3) is 16.8 Å². The van der Waals surface area contributed by atoms with E-state index in [9.17, 15) is 9.18 Å². The lowest BCUT2D eigenvalue weighted by Gasteiger charge is -2.03. The maximum absolute atomic E-state index is 13.8. The largest absolute Gasteiger partial charge is 0.351 e. The normalized spacial score (nSPS) is 10.8. The zero-order valence-electron chi connectivity index (χ0n) is 13.8. The van der Waals surface area contributed by atoms with E-state index in [4.69, 9.17) is 0 Å². The summed E-state index contributed by atoms with van der Waals surface area (Å²) in [6, 6.07) is 15.8. The van der Waals surface area contributed by atoms with E-state index in [-0.39, 0.29) is 18.3 Å². The van der Waals surface area contributed by atoms with Crippen molar-refractivity contribution in [2.75, 3.05) is 0 Å². The molecule has 0 unspecified atom stereocenters. The molecule has 6 heteroatoms.